The van der Waals surface area contributed by atoms with Gasteiger partial charge < -0.3 is 20.4 Å². The van der Waals surface area contributed by atoms with Gasteiger partial charge in [0.1, 0.15) is 0 Å². The number of anilines is 2. The molecule has 0 radical (unpaired) electrons. The van der Waals surface area contributed by atoms with E-state index in [-0.39, 0.29) is 17.4 Å². The smallest absolute Gasteiger partial charge is 0.317 e. The molecule has 0 atom stereocenters. The highest BCUT2D eigenvalue weighted by Gasteiger charge is 2.54. The van der Waals surface area contributed by atoms with E-state index in [1.54, 1.807) is 0 Å². The van der Waals surface area contributed by atoms with Gasteiger partial charge in [0.05, 0.1) is 5.41 Å². The molecule has 4 bridgehead atoms. The molecule has 2 N–H and O–H groups in total. The van der Waals surface area contributed by atoms with Crippen molar-refractivity contribution in [3.05, 3.63) is 24.3 Å². The van der Waals surface area contributed by atoms with Crippen LogP contribution in [0.25, 0.3) is 0 Å². The quantitative estimate of drug-likeness (QED) is 0.796. The van der Waals surface area contributed by atoms with Crippen LogP contribution in [-0.2, 0) is 4.79 Å². The summed E-state index contributed by atoms with van der Waals surface area (Å²) in [7, 11) is 0. The normalized spacial score (nSPS) is 32.2. The van der Waals surface area contributed by atoms with Crippen LogP contribution in [0.4, 0.5) is 16.2 Å². The molecule has 30 heavy (non-hydrogen) atoms. The molecule has 1 aromatic rings. The summed E-state index contributed by atoms with van der Waals surface area (Å²) in [6.07, 6.45) is 7.36. The third-order valence-electron chi connectivity index (χ3n) is 7.91. The van der Waals surface area contributed by atoms with E-state index in [1.165, 1.54) is 19.3 Å². The molecular weight excluding hydrogens is 376 g/mol. The van der Waals surface area contributed by atoms with Gasteiger partial charge in [-0.05, 0) is 87.5 Å². The first-order valence-corrected chi connectivity index (χ1v) is 11.7. The maximum atomic E-state index is 13.2. The van der Waals surface area contributed by atoms with Crippen molar-refractivity contribution >= 4 is 23.3 Å². The number of nitrogens with zero attached hydrogens (tertiary/aromatic N) is 2. The topological polar surface area (TPSA) is 64.7 Å². The van der Waals surface area contributed by atoms with E-state index >= 15 is 0 Å². The van der Waals surface area contributed by atoms with Gasteiger partial charge in [-0.25, -0.2) is 4.79 Å². The van der Waals surface area contributed by atoms with Gasteiger partial charge in [0.15, 0.2) is 0 Å². The molecule has 1 heterocycles. The first-order chi connectivity index (χ1) is 14.5. The van der Waals surface area contributed by atoms with Gasteiger partial charge >= 0.3 is 6.03 Å². The lowest BCUT2D eigenvalue weighted by Gasteiger charge is -2.55. The maximum absolute atomic E-state index is 13.2. The Bertz CT molecular complexity index is 763. The zero-order valence-electron chi connectivity index (χ0n) is 18.0. The lowest BCUT2D eigenvalue weighted by molar-refractivity contribution is -0.140. The number of amides is 3. The molecular formula is C24H34N4O2. The van der Waals surface area contributed by atoms with E-state index in [0.29, 0.717) is 6.54 Å². The van der Waals surface area contributed by atoms with Crippen LogP contribution < -0.4 is 15.5 Å². The zero-order chi connectivity index (χ0) is 20.7. The molecule has 0 aromatic heterocycles. The van der Waals surface area contributed by atoms with Crippen LogP contribution in [0.2, 0.25) is 0 Å². The number of hydrogen-bond donors (Lipinski definition) is 2. The van der Waals surface area contributed by atoms with E-state index in [1.807, 2.05) is 24.0 Å². The fourth-order valence-corrected chi connectivity index (χ4v) is 6.84. The van der Waals surface area contributed by atoms with Crippen molar-refractivity contribution in [3.63, 3.8) is 0 Å². The average Bonchev–Trinajstić information content (AvgIpc) is 2.74. The SMILES string of the molecule is CCNC(=O)N1CCN(c2ccc(NC(=O)C34CC5CC(CC(C5)C3)C4)cc2)CC1. The summed E-state index contributed by atoms with van der Waals surface area (Å²) in [5.41, 5.74) is 1.95. The third-order valence-corrected chi connectivity index (χ3v) is 7.91. The van der Waals surface area contributed by atoms with Crippen molar-refractivity contribution in [3.8, 4) is 0 Å². The zero-order valence-corrected chi connectivity index (χ0v) is 18.0. The molecule has 5 fully saturated rings. The molecule has 6 nitrogen and oxygen atoms in total. The molecule has 0 unspecified atom stereocenters. The van der Waals surface area contributed by atoms with Crippen molar-refractivity contribution < 1.29 is 9.59 Å². The fourth-order valence-electron chi connectivity index (χ4n) is 6.84. The van der Waals surface area contributed by atoms with Crippen molar-refractivity contribution in [1.29, 1.82) is 0 Å². The molecule has 1 saturated heterocycles. The Kier molecular flexibility index (Phi) is 5.11. The fraction of sp³-hybridized carbons (Fsp3) is 0.667. The van der Waals surface area contributed by atoms with Crippen molar-refractivity contribution in [2.45, 2.75) is 45.4 Å². The summed E-state index contributed by atoms with van der Waals surface area (Å²) in [5, 5.41) is 6.12. The van der Waals surface area contributed by atoms with Gasteiger partial charge in [-0.2, -0.15) is 0 Å². The maximum Gasteiger partial charge on any atom is 0.317 e. The molecule has 4 aliphatic carbocycles. The number of carbonyl (C=O) groups excluding carboxylic acids is 2. The number of rotatable bonds is 4. The lowest BCUT2D eigenvalue weighted by Crippen LogP contribution is -2.52. The first kappa shape index (κ1) is 19.7. The largest absolute Gasteiger partial charge is 0.368 e. The molecule has 1 aromatic carbocycles. The van der Waals surface area contributed by atoms with Gasteiger partial charge in [0.2, 0.25) is 5.91 Å². The van der Waals surface area contributed by atoms with E-state index in [9.17, 15) is 9.59 Å². The van der Waals surface area contributed by atoms with Crippen LogP contribution in [0.5, 0.6) is 0 Å². The molecule has 4 saturated carbocycles. The molecule has 162 valence electrons. The van der Waals surface area contributed by atoms with Crippen LogP contribution in [-0.4, -0.2) is 49.6 Å². The number of carbonyl (C=O) groups is 2. The van der Waals surface area contributed by atoms with Crippen molar-refractivity contribution in [1.82, 2.24) is 10.2 Å². The van der Waals surface area contributed by atoms with Gasteiger partial charge in [0.25, 0.3) is 0 Å². The number of benzene rings is 1. The summed E-state index contributed by atoms with van der Waals surface area (Å²) in [5.74, 6) is 2.59. The summed E-state index contributed by atoms with van der Waals surface area (Å²) >= 11 is 0. The standard InChI is InChI=1S/C24H34N4O2/c1-2-25-23(30)28-9-7-27(8-10-28)21-5-3-20(4-6-21)26-22(29)24-14-17-11-18(15-24)13-19(12-17)16-24/h3-6,17-19H,2,7-16H2,1H3,(H,25,30)(H,26,29). The van der Waals surface area contributed by atoms with Gasteiger partial charge in [-0.3, -0.25) is 4.79 Å². The minimum absolute atomic E-state index is 0.0277. The second-order valence-corrected chi connectivity index (χ2v) is 10.0. The monoisotopic (exact) mass is 410 g/mol. The van der Waals surface area contributed by atoms with Gasteiger partial charge in [-0.15, -0.1) is 0 Å². The molecule has 5 aliphatic rings. The van der Waals surface area contributed by atoms with E-state index in [2.05, 4.69) is 27.7 Å². The Morgan fingerprint density at radius 3 is 2.03 bits per heavy atom. The molecule has 1 aliphatic heterocycles. The highest BCUT2D eigenvalue weighted by atomic mass is 16.2. The van der Waals surface area contributed by atoms with Crippen molar-refractivity contribution in [2.75, 3.05) is 42.9 Å². The number of hydrogen-bond acceptors (Lipinski definition) is 3. The number of nitrogens with one attached hydrogen (secondary N) is 2. The highest BCUT2D eigenvalue weighted by molar-refractivity contribution is 5.95. The molecule has 6 heteroatoms. The molecule has 6 rings (SSSR count). The third kappa shape index (κ3) is 3.65. The minimum Gasteiger partial charge on any atom is -0.368 e. The Morgan fingerprint density at radius 1 is 0.933 bits per heavy atom. The van der Waals surface area contributed by atoms with Crippen molar-refractivity contribution in [2.24, 2.45) is 23.2 Å². The average molecular weight is 411 g/mol. The van der Waals surface area contributed by atoms with Crippen LogP contribution >= 0.6 is 0 Å². The lowest BCUT2D eigenvalue weighted by atomic mass is 9.49. The minimum atomic E-state index is -0.108. The summed E-state index contributed by atoms with van der Waals surface area (Å²) < 4.78 is 0. The number of urea groups is 1. The summed E-state index contributed by atoms with van der Waals surface area (Å²) in [6.45, 7) is 5.73. The predicted molar refractivity (Wildman–Crippen MR) is 119 cm³/mol. The van der Waals surface area contributed by atoms with Crippen LogP contribution in [0.1, 0.15) is 45.4 Å². The Morgan fingerprint density at radius 2 is 1.50 bits per heavy atom. The van der Waals surface area contributed by atoms with Crippen LogP contribution in [0, 0.1) is 23.2 Å². The summed E-state index contributed by atoms with van der Waals surface area (Å²) in [4.78, 5) is 29.4. The number of piperazine rings is 1. The Balaban J connectivity index is 1.18. The van der Waals surface area contributed by atoms with Gasteiger partial charge in [-0.1, -0.05) is 0 Å². The Labute approximate surface area is 179 Å². The predicted octanol–water partition coefficient (Wildman–Crippen LogP) is 3.69. The van der Waals surface area contributed by atoms with Crippen LogP contribution in [0.15, 0.2) is 24.3 Å². The van der Waals surface area contributed by atoms with Crippen LogP contribution in [0.3, 0.4) is 0 Å². The highest BCUT2D eigenvalue weighted by Crippen LogP contribution is 2.60. The van der Waals surface area contributed by atoms with E-state index in [0.717, 1.165) is 74.6 Å². The van der Waals surface area contributed by atoms with E-state index < -0.39 is 0 Å². The van der Waals surface area contributed by atoms with E-state index in [4.69, 9.17) is 0 Å². The summed E-state index contributed by atoms with van der Waals surface area (Å²) in [6, 6.07) is 8.28. The Hall–Kier alpha value is -2.24. The van der Waals surface area contributed by atoms with Gasteiger partial charge in [0, 0.05) is 44.1 Å². The first-order valence-electron chi connectivity index (χ1n) is 11.7. The molecule has 0 spiro atoms. The molecule has 3 amide bonds. The second kappa shape index (κ2) is 7.78. The second-order valence-electron chi connectivity index (χ2n) is 10.0.